The van der Waals surface area contributed by atoms with Crippen LogP contribution in [0, 0.1) is 0 Å². The molecule has 0 spiro atoms. The van der Waals surface area contributed by atoms with Crippen LogP contribution < -0.4 is 5.32 Å². The van der Waals surface area contributed by atoms with Crippen molar-refractivity contribution in [3.05, 3.63) is 23.1 Å². The van der Waals surface area contributed by atoms with Crippen molar-refractivity contribution in [2.24, 2.45) is 0 Å². The van der Waals surface area contributed by atoms with E-state index in [1.807, 2.05) is 0 Å². The molecule has 0 unspecified atom stereocenters. The van der Waals surface area contributed by atoms with Gasteiger partial charge in [-0.3, -0.25) is 4.90 Å². The van der Waals surface area contributed by atoms with Crippen LogP contribution in [-0.2, 0) is 0 Å². The summed E-state index contributed by atoms with van der Waals surface area (Å²) in [6.45, 7) is 1.76. The Bertz CT molecular complexity index is 374. The molecular formula is C10H12ClF3N2O. The van der Waals surface area contributed by atoms with Gasteiger partial charge < -0.3 is 9.73 Å². The number of halogens is 4. The average Bonchev–Trinajstić information content (AvgIpc) is 2.64. The summed E-state index contributed by atoms with van der Waals surface area (Å²) in [6.07, 6.45) is -4.36. The third kappa shape index (κ3) is 2.94. The predicted molar refractivity (Wildman–Crippen MR) is 57.0 cm³/mol. The second-order valence-corrected chi connectivity index (χ2v) is 4.24. The first-order valence-corrected chi connectivity index (χ1v) is 5.63. The van der Waals surface area contributed by atoms with Crippen LogP contribution in [0.25, 0.3) is 0 Å². The average molecular weight is 269 g/mol. The van der Waals surface area contributed by atoms with Crippen LogP contribution in [0.5, 0.6) is 0 Å². The Kier molecular flexibility index (Phi) is 3.65. The summed E-state index contributed by atoms with van der Waals surface area (Å²) in [5, 5.41) is 2.99. The minimum Gasteiger partial charge on any atom is -0.448 e. The Labute approximate surface area is 102 Å². The summed E-state index contributed by atoms with van der Waals surface area (Å²) >= 11 is 5.53. The lowest BCUT2D eigenvalue weighted by Gasteiger charge is -2.34. The SMILES string of the molecule is FC(F)(F)[C@@H](c1ccc(Cl)o1)N1CCNCC1. The molecule has 7 heteroatoms. The van der Waals surface area contributed by atoms with E-state index < -0.39 is 12.2 Å². The van der Waals surface area contributed by atoms with Crippen LogP contribution in [0.4, 0.5) is 13.2 Å². The van der Waals surface area contributed by atoms with Crippen molar-refractivity contribution >= 4 is 11.6 Å². The monoisotopic (exact) mass is 268 g/mol. The zero-order valence-corrected chi connectivity index (χ0v) is 9.68. The molecule has 0 aliphatic carbocycles. The lowest BCUT2D eigenvalue weighted by atomic mass is 10.1. The van der Waals surface area contributed by atoms with Crippen LogP contribution in [0.15, 0.2) is 16.5 Å². The lowest BCUT2D eigenvalue weighted by molar-refractivity contribution is -0.192. The van der Waals surface area contributed by atoms with Crippen LogP contribution in [0.2, 0.25) is 5.22 Å². The normalized spacial score (nSPS) is 20.5. The number of alkyl halides is 3. The summed E-state index contributed by atoms with van der Waals surface area (Å²) in [4.78, 5) is 1.35. The molecule has 17 heavy (non-hydrogen) atoms. The molecule has 1 aliphatic rings. The first kappa shape index (κ1) is 12.7. The third-order valence-electron chi connectivity index (χ3n) is 2.69. The van der Waals surface area contributed by atoms with E-state index in [0.29, 0.717) is 26.2 Å². The topological polar surface area (TPSA) is 28.4 Å². The maximum absolute atomic E-state index is 13.0. The molecule has 96 valence electrons. The molecule has 2 heterocycles. The first-order valence-electron chi connectivity index (χ1n) is 5.25. The van der Waals surface area contributed by atoms with E-state index in [-0.39, 0.29) is 11.0 Å². The van der Waals surface area contributed by atoms with Crippen molar-refractivity contribution < 1.29 is 17.6 Å². The summed E-state index contributed by atoms with van der Waals surface area (Å²) in [5.41, 5.74) is 0. The highest BCUT2D eigenvalue weighted by Gasteiger charge is 2.46. The van der Waals surface area contributed by atoms with Gasteiger partial charge in [-0.1, -0.05) is 0 Å². The Morgan fingerprint density at radius 1 is 1.29 bits per heavy atom. The number of rotatable bonds is 2. The molecule has 1 atom stereocenters. The molecule has 1 fully saturated rings. The molecular weight excluding hydrogens is 257 g/mol. The predicted octanol–water partition coefficient (Wildman–Crippen LogP) is 2.44. The van der Waals surface area contributed by atoms with Crippen molar-refractivity contribution in [1.82, 2.24) is 10.2 Å². The van der Waals surface area contributed by atoms with Gasteiger partial charge in [-0.2, -0.15) is 13.2 Å². The van der Waals surface area contributed by atoms with Crippen molar-refractivity contribution in [3.8, 4) is 0 Å². The van der Waals surface area contributed by atoms with E-state index >= 15 is 0 Å². The maximum Gasteiger partial charge on any atom is 0.411 e. The zero-order valence-electron chi connectivity index (χ0n) is 8.93. The van der Waals surface area contributed by atoms with Gasteiger partial charge in [0.2, 0.25) is 0 Å². The van der Waals surface area contributed by atoms with Crippen LogP contribution in [0.1, 0.15) is 11.8 Å². The fraction of sp³-hybridized carbons (Fsp3) is 0.600. The summed E-state index contributed by atoms with van der Waals surface area (Å²) in [6, 6.07) is 0.900. The molecule has 1 N–H and O–H groups in total. The van der Waals surface area contributed by atoms with E-state index in [1.165, 1.54) is 17.0 Å². The second kappa shape index (κ2) is 4.88. The molecule has 1 aliphatic heterocycles. The van der Waals surface area contributed by atoms with E-state index in [4.69, 9.17) is 16.0 Å². The molecule has 0 radical (unpaired) electrons. The van der Waals surface area contributed by atoms with Gasteiger partial charge >= 0.3 is 6.18 Å². The Balaban J connectivity index is 2.24. The van der Waals surface area contributed by atoms with Gasteiger partial charge in [0, 0.05) is 26.2 Å². The minimum atomic E-state index is -4.36. The lowest BCUT2D eigenvalue weighted by Crippen LogP contribution is -2.48. The van der Waals surface area contributed by atoms with E-state index in [1.54, 1.807) is 0 Å². The smallest absolute Gasteiger partial charge is 0.411 e. The standard InChI is InChI=1S/C10H12ClF3N2O/c11-8-2-1-7(17-8)9(10(12,13)14)16-5-3-15-4-6-16/h1-2,9,15H,3-6H2/t9-/m1/s1. The van der Waals surface area contributed by atoms with Crippen molar-refractivity contribution in [1.29, 1.82) is 0 Å². The van der Waals surface area contributed by atoms with Gasteiger partial charge in [0.25, 0.3) is 0 Å². The first-order chi connectivity index (χ1) is 7.98. The van der Waals surface area contributed by atoms with E-state index in [0.717, 1.165) is 0 Å². The Morgan fingerprint density at radius 3 is 2.41 bits per heavy atom. The van der Waals surface area contributed by atoms with Crippen molar-refractivity contribution in [3.63, 3.8) is 0 Å². The van der Waals surface area contributed by atoms with Crippen LogP contribution in [-0.4, -0.2) is 37.3 Å². The van der Waals surface area contributed by atoms with Crippen molar-refractivity contribution in [2.45, 2.75) is 12.2 Å². The molecule has 0 amide bonds. The number of hydrogen-bond donors (Lipinski definition) is 1. The minimum absolute atomic E-state index is 0.0237. The van der Waals surface area contributed by atoms with Crippen LogP contribution >= 0.6 is 11.6 Å². The molecule has 3 nitrogen and oxygen atoms in total. The third-order valence-corrected chi connectivity index (χ3v) is 2.89. The molecule has 0 saturated carbocycles. The molecule has 1 aromatic heterocycles. The summed E-state index contributed by atoms with van der Waals surface area (Å²) in [5.74, 6) is -0.149. The molecule has 0 aromatic carbocycles. The van der Waals surface area contributed by atoms with Crippen molar-refractivity contribution in [2.75, 3.05) is 26.2 Å². The highest BCUT2D eigenvalue weighted by atomic mass is 35.5. The number of nitrogens with zero attached hydrogens (tertiary/aromatic N) is 1. The number of furan rings is 1. The van der Waals surface area contributed by atoms with Gasteiger partial charge in [0.1, 0.15) is 5.76 Å². The number of nitrogens with one attached hydrogen (secondary N) is 1. The molecule has 1 aromatic rings. The Hall–Kier alpha value is -0.720. The maximum atomic E-state index is 13.0. The fourth-order valence-electron chi connectivity index (χ4n) is 1.96. The molecule has 1 saturated heterocycles. The van der Waals surface area contributed by atoms with Gasteiger partial charge in [-0.25, -0.2) is 0 Å². The highest BCUT2D eigenvalue weighted by Crippen LogP contribution is 2.39. The van der Waals surface area contributed by atoms with Gasteiger partial charge in [0.15, 0.2) is 11.3 Å². The highest BCUT2D eigenvalue weighted by molar-refractivity contribution is 6.28. The Morgan fingerprint density at radius 2 is 1.94 bits per heavy atom. The fourth-order valence-corrected chi connectivity index (χ4v) is 2.12. The van der Waals surface area contributed by atoms with E-state index in [9.17, 15) is 13.2 Å². The molecule has 2 rings (SSSR count). The van der Waals surface area contributed by atoms with Gasteiger partial charge in [-0.15, -0.1) is 0 Å². The number of piperazine rings is 1. The second-order valence-electron chi connectivity index (χ2n) is 3.87. The summed E-state index contributed by atoms with van der Waals surface area (Å²) < 4.78 is 44.0. The van der Waals surface area contributed by atoms with Crippen LogP contribution in [0.3, 0.4) is 0 Å². The molecule has 0 bridgehead atoms. The summed E-state index contributed by atoms with van der Waals surface area (Å²) in [7, 11) is 0. The largest absolute Gasteiger partial charge is 0.448 e. The zero-order chi connectivity index (χ0) is 12.5. The number of hydrogen-bond acceptors (Lipinski definition) is 3. The quantitative estimate of drug-likeness (QED) is 0.893. The van der Waals surface area contributed by atoms with E-state index in [2.05, 4.69) is 5.32 Å². The van der Waals surface area contributed by atoms with Gasteiger partial charge in [0.05, 0.1) is 0 Å². The van der Waals surface area contributed by atoms with Gasteiger partial charge in [-0.05, 0) is 23.7 Å².